The zero-order chi connectivity index (χ0) is 22.6. The quantitative estimate of drug-likeness (QED) is 0.647. The standard InChI is InChI=1S/C22H22ClF2N5O2/c1-11-20(23)12(2)30-21(27-11)15-9-29(10-17(15)28-30)22(31)14-4-3-13(24)7-19(14)32-18-5-6-26-8-16(18)25/h3-4,7,16,18,26H,5-6,8-10H2,1-2H3/t16-,18+/m0/s1. The number of nitrogens with zero attached hydrogens (tertiary/aromatic N) is 4. The van der Waals surface area contributed by atoms with Gasteiger partial charge in [-0.05, 0) is 38.9 Å². The highest BCUT2D eigenvalue weighted by Crippen LogP contribution is 2.32. The van der Waals surface area contributed by atoms with Crippen LogP contribution in [0.2, 0.25) is 5.02 Å². The van der Waals surface area contributed by atoms with Gasteiger partial charge in [0.05, 0.1) is 40.8 Å². The maximum absolute atomic E-state index is 14.2. The van der Waals surface area contributed by atoms with Crippen LogP contribution in [0.1, 0.15) is 39.4 Å². The smallest absolute Gasteiger partial charge is 0.258 e. The number of benzene rings is 1. The predicted molar refractivity (Wildman–Crippen MR) is 114 cm³/mol. The van der Waals surface area contributed by atoms with Crippen LogP contribution in [0, 0.1) is 19.7 Å². The molecule has 1 N–H and O–H groups in total. The second-order valence-electron chi connectivity index (χ2n) is 8.22. The van der Waals surface area contributed by atoms with Crippen LogP contribution in [0.3, 0.4) is 0 Å². The third-order valence-electron chi connectivity index (χ3n) is 6.04. The molecule has 1 aromatic carbocycles. The number of nitrogens with one attached hydrogen (secondary N) is 1. The Morgan fingerprint density at radius 1 is 1.31 bits per heavy atom. The van der Waals surface area contributed by atoms with E-state index in [1.54, 1.807) is 9.42 Å². The summed E-state index contributed by atoms with van der Waals surface area (Å²) in [6.07, 6.45) is -1.53. The Morgan fingerprint density at radius 3 is 2.91 bits per heavy atom. The summed E-state index contributed by atoms with van der Waals surface area (Å²) >= 11 is 6.30. The third kappa shape index (κ3) is 3.49. The number of carbonyl (C=O) groups excluding carboxylic acids is 1. The van der Waals surface area contributed by atoms with E-state index in [0.717, 1.165) is 23.0 Å². The molecule has 0 aliphatic carbocycles. The minimum atomic E-state index is -1.23. The van der Waals surface area contributed by atoms with Gasteiger partial charge in [0.2, 0.25) is 0 Å². The fourth-order valence-electron chi connectivity index (χ4n) is 4.29. The first-order valence-electron chi connectivity index (χ1n) is 10.5. The van der Waals surface area contributed by atoms with Gasteiger partial charge < -0.3 is 15.0 Å². The molecule has 1 fully saturated rings. The van der Waals surface area contributed by atoms with Gasteiger partial charge in [0.25, 0.3) is 5.91 Å². The van der Waals surface area contributed by atoms with Crippen LogP contribution in [0.4, 0.5) is 8.78 Å². The summed E-state index contributed by atoms with van der Waals surface area (Å²) < 4.78 is 35.7. The van der Waals surface area contributed by atoms with E-state index < -0.39 is 18.1 Å². The predicted octanol–water partition coefficient (Wildman–Crippen LogP) is 3.37. The molecule has 7 nitrogen and oxygen atoms in total. The molecule has 1 amide bonds. The minimum absolute atomic E-state index is 0.0555. The lowest BCUT2D eigenvalue weighted by atomic mass is 10.1. The Morgan fingerprint density at radius 2 is 2.12 bits per heavy atom. The number of rotatable bonds is 3. The Balaban J connectivity index is 1.43. The number of alkyl halides is 1. The summed E-state index contributed by atoms with van der Waals surface area (Å²) in [4.78, 5) is 19.5. The fourth-order valence-corrected chi connectivity index (χ4v) is 4.41. The molecule has 32 heavy (non-hydrogen) atoms. The lowest BCUT2D eigenvalue weighted by Crippen LogP contribution is -2.44. The molecule has 2 atom stereocenters. The first-order valence-corrected chi connectivity index (χ1v) is 10.8. The molecule has 3 aromatic rings. The number of fused-ring (bicyclic) bond motifs is 3. The average molecular weight is 462 g/mol. The molecule has 0 spiro atoms. The monoisotopic (exact) mass is 461 g/mol. The fraction of sp³-hybridized carbons (Fsp3) is 0.409. The van der Waals surface area contributed by atoms with E-state index >= 15 is 0 Å². The summed E-state index contributed by atoms with van der Waals surface area (Å²) in [7, 11) is 0. The van der Waals surface area contributed by atoms with Crippen molar-refractivity contribution in [1.29, 1.82) is 0 Å². The maximum atomic E-state index is 14.2. The molecule has 2 aliphatic heterocycles. The Labute approximate surface area is 188 Å². The highest BCUT2D eigenvalue weighted by Gasteiger charge is 2.33. The van der Waals surface area contributed by atoms with Gasteiger partial charge in [0.15, 0.2) is 5.65 Å². The zero-order valence-corrected chi connectivity index (χ0v) is 18.4. The van der Waals surface area contributed by atoms with E-state index in [4.69, 9.17) is 16.3 Å². The van der Waals surface area contributed by atoms with Crippen molar-refractivity contribution in [2.24, 2.45) is 0 Å². The van der Waals surface area contributed by atoms with Crippen molar-refractivity contribution < 1.29 is 18.3 Å². The number of amides is 1. The average Bonchev–Trinajstić information content (AvgIpc) is 3.33. The number of hydrogen-bond acceptors (Lipinski definition) is 5. The molecule has 10 heteroatoms. The van der Waals surface area contributed by atoms with Crippen molar-refractivity contribution in [1.82, 2.24) is 24.8 Å². The normalized spacial score (nSPS) is 20.6. The summed E-state index contributed by atoms with van der Waals surface area (Å²) in [5.41, 5.74) is 3.94. The molecule has 2 aromatic heterocycles. The maximum Gasteiger partial charge on any atom is 0.258 e. The SMILES string of the molecule is Cc1nc2c3c(nn2c(C)c1Cl)CN(C(=O)c1ccc(F)cc1O[C@@H]1CCNC[C@@H]1F)C3. The highest BCUT2D eigenvalue weighted by molar-refractivity contribution is 6.31. The molecule has 5 rings (SSSR count). The van der Waals surface area contributed by atoms with E-state index in [1.165, 1.54) is 12.1 Å². The van der Waals surface area contributed by atoms with Gasteiger partial charge in [-0.25, -0.2) is 18.3 Å². The van der Waals surface area contributed by atoms with Gasteiger partial charge in [0.1, 0.15) is 23.8 Å². The third-order valence-corrected chi connectivity index (χ3v) is 6.59. The largest absolute Gasteiger partial charge is 0.486 e. The first kappa shape index (κ1) is 21.1. The van der Waals surface area contributed by atoms with Crippen LogP contribution in [-0.2, 0) is 13.1 Å². The van der Waals surface area contributed by atoms with Crippen LogP contribution < -0.4 is 10.1 Å². The summed E-state index contributed by atoms with van der Waals surface area (Å²) in [6, 6.07) is 3.74. The van der Waals surface area contributed by atoms with Crippen molar-refractivity contribution in [2.45, 2.75) is 45.6 Å². The van der Waals surface area contributed by atoms with Crippen LogP contribution in [-0.4, -0.2) is 50.8 Å². The molecule has 4 heterocycles. The number of ether oxygens (including phenoxy) is 1. The van der Waals surface area contributed by atoms with Crippen molar-refractivity contribution in [3.63, 3.8) is 0 Å². The molecule has 0 bridgehead atoms. The van der Waals surface area contributed by atoms with Gasteiger partial charge in [-0.15, -0.1) is 0 Å². The van der Waals surface area contributed by atoms with E-state index in [1.807, 2.05) is 13.8 Å². The van der Waals surface area contributed by atoms with Crippen molar-refractivity contribution in [3.8, 4) is 5.75 Å². The molecule has 168 valence electrons. The highest BCUT2D eigenvalue weighted by atomic mass is 35.5. The van der Waals surface area contributed by atoms with Crippen LogP contribution in [0.15, 0.2) is 18.2 Å². The van der Waals surface area contributed by atoms with Gasteiger partial charge in [-0.2, -0.15) is 5.10 Å². The molecular weight excluding hydrogens is 440 g/mol. The van der Waals surface area contributed by atoms with Gasteiger partial charge >= 0.3 is 0 Å². The molecule has 0 radical (unpaired) electrons. The van der Waals surface area contributed by atoms with Gasteiger partial charge in [-0.3, -0.25) is 4.79 Å². The lowest BCUT2D eigenvalue weighted by molar-refractivity contribution is 0.0657. The molecular formula is C22H22ClF2N5O2. The Bertz CT molecular complexity index is 1230. The second kappa shape index (κ2) is 7.97. The van der Waals surface area contributed by atoms with E-state index in [-0.39, 0.29) is 30.3 Å². The number of aromatic nitrogens is 3. The number of aryl methyl sites for hydroxylation is 2. The van der Waals surface area contributed by atoms with Crippen LogP contribution >= 0.6 is 11.6 Å². The van der Waals surface area contributed by atoms with E-state index in [9.17, 15) is 13.6 Å². The molecule has 0 saturated carbocycles. The summed E-state index contributed by atoms with van der Waals surface area (Å²) in [6.45, 7) is 5.05. The number of hydrogen-bond donors (Lipinski definition) is 1. The topological polar surface area (TPSA) is 71.8 Å². The Kier molecular flexibility index (Phi) is 5.25. The van der Waals surface area contributed by atoms with E-state index in [0.29, 0.717) is 35.9 Å². The molecule has 2 aliphatic rings. The number of halogens is 3. The van der Waals surface area contributed by atoms with E-state index in [2.05, 4.69) is 15.4 Å². The Hall–Kier alpha value is -2.78. The van der Waals surface area contributed by atoms with Crippen LogP contribution in [0.5, 0.6) is 5.75 Å². The zero-order valence-electron chi connectivity index (χ0n) is 17.7. The summed E-state index contributed by atoms with van der Waals surface area (Å²) in [5.74, 6) is -0.821. The van der Waals surface area contributed by atoms with Gasteiger partial charge in [0, 0.05) is 18.2 Å². The lowest BCUT2D eigenvalue weighted by Gasteiger charge is -2.28. The molecule has 0 unspecified atom stereocenters. The van der Waals surface area contributed by atoms with Crippen LogP contribution in [0.25, 0.3) is 5.65 Å². The van der Waals surface area contributed by atoms with Gasteiger partial charge in [-0.1, -0.05) is 11.6 Å². The first-order chi connectivity index (χ1) is 15.3. The van der Waals surface area contributed by atoms with Crippen molar-refractivity contribution in [3.05, 3.63) is 57.2 Å². The number of carbonyl (C=O) groups is 1. The summed E-state index contributed by atoms with van der Waals surface area (Å²) in [5, 5.41) is 8.10. The van der Waals surface area contributed by atoms with Crippen molar-refractivity contribution in [2.75, 3.05) is 13.1 Å². The second-order valence-corrected chi connectivity index (χ2v) is 8.60. The minimum Gasteiger partial charge on any atom is -0.486 e. The molecule has 1 saturated heterocycles. The number of piperidine rings is 1. The van der Waals surface area contributed by atoms with Crippen molar-refractivity contribution >= 4 is 23.2 Å².